The van der Waals surface area contributed by atoms with Crippen molar-refractivity contribution in [3.8, 4) is 62.1 Å². The Kier molecular flexibility index (Phi) is 8.01. The molecule has 4 aromatic heterocycles. The molecule has 4 heterocycles. The van der Waals surface area contributed by atoms with Crippen LogP contribution in [0.3, 0.4) is 0 Å². The number of para-hydroxylation sites is 3. The molecule has 6 heteroatoms. The molecule has 0 spiro atoms. The van der Waals surface area contributed by atoms with Gasteiger partial charge in [0.1, 0.15) is 11.2 Å². The van der Waals surface area contributed by atoms with E-state index in [0.29, 0.717) is 17.5 Å². The molecule has 0 bridgehead atoms. The first-order valence-corrected chi connectivity index (χ1v) is 21.9. The first-order chi connectivity index (χ1) is 31.2. The Morgan fingerprint density at radius 2 is 0.952 bits per heavy atom. The van der Waals surface area contributed by atoms with Crippen molar-refractivity contribution in [3.63, 3.8) is 0 Å². The van der Waals surface area contributed by atoms with Gasteiger partial charge in [0, 0.05) is 69.7 Å². The van der Waals surface area contributed by atoms with E-state index >= 15 is 0 Å². The lowest BCUT2D eigenvalue weighted by molar-refractivity contribution is 0.669. The number of hydrogen-bond acceptors (Lipinski definition) is 5. The van der Waals surface area contributed by atoms with Crippen molar-refractivity contribution < 1.29 is 4.42 Å². The maximum Gasteiger partial charge on any atom is 0.164 e. The van der Waals surface area contributed by atoms with Gasteiger partial charge < -0.3 is 8.98 Å². The highest BCUT2D eigenvalue weighted by atomic mass is 32.1. The molecule has 0 aliphatic carbocycles. The summed E-state index contributed by atoms with van der Waals surface area (Å²) in [6, 6.07) is 72.9. The first-order valence-electron chi connectivity index (χ1n) is 21.1. The predicted molar refractivity (Wildman–Crippen MR) is 262 cm³/mol. The molecule has 0 N–H and O–H groups in total. The van der Waals surface area contributed by atoms with Crippen LogP contribution in [0.5, 0.6) is 0 Å². The van der Waals surface area contributed by atoms with Crippen molar-refractivity contribution in [2.75, 3.05) is 0 Å². The Bertz CT molecular complexity index is 3940. The summed E-state index contributed by atoms with van der Waals surface area (Å²) in [7, 11) is 0. The summed E-state index contributed by atoms with van der Waals surface area (Å²) in [5.74, 6) is 1.78. The molecule has 5 nitrogen and oxygen atoms in total. The van der Waals surface area contributed by atoms with Gasteiger partial charge in [0.15, 0.2) is 17.5 Å². The van der Waals surface area contributed by atoms with Crippen LogP contribution in [0, 0.1) is 0 Å². The summed E-state index contributed by atoms with van der Waals surface area (Å²) < 4.78 is 11.3. The topological polar surface area (TPSA) is 56.7 Å². The van der Waals surface area contributed by atoms with Gasteiger partial charge in [-0.3, -0.25) is 0 Å². The van der Waals surface area contributed by atoms with E-state index in [1.54, 1.807) is 0 Å². The fourth-order valence-electron chi connectivity index (χ4n) is 9.29. The highest BCUT2D eigenvalue weighted by Crippen LogP contribution is 2.41. The van der Waals surface area contributed by atoms with Crippen molar-refractivity contribution in [1.82, 2.24) is 19.5 Å². The summed E-state index contributed by atoms with van der Waals surface area (Å²) in [6.07, 6.45) is 0. The molecule has 63 heavy (non-hydrogen) atoms. The quantitative estimate of drug-likeness (QED) is 0.168. The van der Waals surface area contributed by atoms with Crippen LogP contribution in [0.15, 0.2) is 211 Å². The number of benzene rings is 9. The first kappa shape index (κ1) is 35.6. The Balaban J connectivity index is 0.966. The molecular weight excluding hydrogens is 789 g/mol. The molecule has 0 radical (unpaired) electrons. The van der Waals surface area contributed by atoms with Gasteiger partial charge in [-0.25, -0.2) is 15.0 Å². The third kappa shape index (κ3) is 5.87. The number of nitrogens with zero attached hydrogens (tertiary/aromatic N) is 4. The Hall–Kier alpha value is -8.19. The molecule has 0 aliphatic heterocycles. The molecule has 0 fully saturated rings. The molecule has 0 amide bonds. The Morgan fingerprint density at radius 1 is 0.349 bits per heavy atom. The van der Waals surface area contributed by atoms with Crippen LogP contribution in [0.25, 0.3) is 126 Å². The van der Waals surface area contributed by atoms with Crippen LogP contribution in [-0.2, 0) is 0 Å². The highest BCUT2D eigenvalue weighted by molar-refractivity contribution is 7.25. The van der Waals surface area contributed by atoms with E-state index in [0.717, 1.165) is 66.5 Å². The largest absolute Gasteiger partial charge is 0.456 e. The van der Waals surface area contributed by atoms with E-state index in [1.807, 2.05) is 65.9 Å². The van der Waals surface area contributed by atoms with Crippen molar-refractivity contribution in [2.45, 2.75) is 0 Å². The lowest BCUT2D eigenvalue weighted by Crippen LogP contribution is -2.01. The van der Waals surface area contributed by atoms with Crippen molar-refractivity contribution in [1.29, 1.82) is 0 Å². The average molecular weight is 823 g/mol. The third-order valence-electron chi connectivity index (χ3n) is 12.2. The number of aromatic nitrogens is 4. The number of thiophene rings is 1. The second-order valence-corrected chi connectivity index (χ2v) is 17.1. The average Bonchev–Trinajstić information content (AvgIpc) is 4.03. The van der Waals surface area contributed by atoms with Gasteiger partial charge in [0.2, 0.25) is 0 Å². The van der Waals surface area contributed by atoms with Gasteiger partial charge in [0.05, 0.1) is 11.0 Å². The minimum absolute atomic E-state index is 0.581. The van der Waals surface area contributed by atoms with Gasteiger partial charge in [0.25, 0.3) is 0 Å². The number of furan rings is 1. The smallest absolute Gasteiger partial charge is 0.164 e. The van der Waals surface area contributed by atoms with Gasteiger partial charge in [-0.1, -0.05) is 146 Å². The SMILES string of the molecule is c1ccc(-c2nc(-c3cccc(-n4c5ccccc5c5cccc(-c6cccc(-c7ccc8sc9ccccc9c8c7)c6)c54)c3)nc(-c3ccc4c(c3)oc3ccccc34)n2)cc1. The summed E-state index contributed by atoms with van der Waals surface area (Å²) >= 11 is 1.85. The molecule has 0 saturated heterocycles. The fourth-order valence-corrected chi connectivity index (χ4v) is 10.4. The highest BCUT2D eigenvalue weighted by Gasteiger charge is 2.19. The van der Waals surface area contributed by atoms with E-state index in [-0.39, 0.29) is 0 Å². The maximum atomic E-state index is 6.29. The third-order valence-corrected chi connectivity index (χ3v) is 13.4. The monoisotopic (exact) mass is 822 g/mol. The van der Waals surface area contributed by atoms with Crippen LogP contribution >= 0.6 is 11.3 Å². The Labute approximate surface area is 365 Å². The van der Waals surface area contributed by atoms with E-state index in [1.165, 1.54) is 42.1 Å². The molecule has 13 rings (SSSR count). The minimum Gasteiger partial charge on any atom is -0.456 e. The van der Waals surface area contributed by atoms with Gasteiger partial charge in [-0.15, -0.1) is 11.3 Å². The summed E-state index contributed by atoms with van der Waals surface area (Å²) in [5.41, 5.74) is 12.3. The molecule has 294 valence electrons. The van der Waals surface area contributed by atoms with E-state index < -0.39 is 0 Å². The second kappa shape index (κ2) is 14.2. The normalized spacial score (nSPS) is 11.8. The molecule has 9 aromatic carbocycles. The standard InChI is InChI=1S/C57H34N4OS/c1-2-13-35(14-3-1)55-58-56(60-57(59-55)40-27-29-45-44-20-5-8-25-50(44)62-51(45)34-40)39-17-11-18-41(32-39)61-49-24-7-4-19-43(49)47-23-12-22-42(54(47)61)38-16-10-15-36(31-38)37-28-30-53-48(33-37)46-21-6-9-26-52(46)63-53/h1-34H. The zero-order valence-corrected chi connectivity index (χ0v) is 34.6. The van der Waals surface area contributed by atoms with Gasteiger partial charge in [-0.2, -0.15) is 0 Å². The summed E-state index contributed by atoms with van der Waals surface area (Å²) in [5, 5.41) is 7.14. The fraction of sp³-hybridized carbons (Fsp3) is 0. The summed E-state index contributed by atoms with van der Waals surface area (Å²) in [6.45, 7) is 0. The lowest BCUT2D eigenvalue weighted by Gasteiger charge is -2.14. The lowest BCUT2D eigenvalue weighted by atomic mass is 9.96. The zero-order valence-electron chi connectivity index (χ0n) is 33.7. The van der Waals surface area contributed by atoms with E-state index in [2.05, 4.69) is 156 Å². The van der Waals surface area contributed by atoms with Gasteiger partial charge in [-0.05, 0) is 77.4 Å². The zero-order chi connectivity index (χ0) is 41.4. The molecule has 0 atom stereocenters. The molecule has 0 aliphatic rings. The Morgan fingerprint density at radius 3 is 1.84 bits per heavy atom. The molecule has 0 unspecified atom stereocenters. The van der Waals surface area contributed by atoms with Crippen LogP contribution in [-0.4, -0.2) is 19.5 Å². The predicted octanol–water partition coefficient (Wildman–Crippen LogP) is 15.6. The number of hydrogen-bond donors (Lipinski definition) is 0. The van der Waals surface area contributed by atoms with Crippen molar-refractivity contribution in [2.24, 2.45) is 0 Å². The van der Waals surface area contributed by atoms with Crippen LogP contribution in [0.4, 0.5) is 0 Å². The maximum absolute atomic E-state index is 6.29. The van der Waals surface area contributed by atoms with Crippen molar-refractivity contribution >= 4 is 75.3 Å². The second-order valence-electron chi connectivity index (χ2n) is 16.0. The van der Waals surface area contributed by atoms with Crippen molar-refractivity contribution in [3.05, 3.63) is 206 Å². The van der Waals surface area contributed by atoms with Gasteiger partial charge >= 0.3 is 0 Å². The number of fused-ring (bicyclic) bond motifs is 9. The number of rotatable bonds is 6. The van der Waals surface area contributed by atoms with E-state index in [9.17, 15) is 0 Å². The minimum atomic E-state index is 0.581. The van der Waals surface area contributed by atoms with E-state index in [4.69, 9.17) is 19.4 Å². The molecule has 13 aromatic rings. The van der Waals surface area contributed by atoms with Crippen LogP contribution in [0.2, 0.25) is 0 Å². The summed E-state index contributed by atoms with van der Waals surface area (Å²) in [4.78, 5) is 15.3. The van der Waals surface area contributed by atoms with Crippen LogP contribution < -0.4 is 0 Å². The van der Waals surface area contributed by atoms with Crippen LogP contribution in [0.1, 0.15) is 0 Å². The molecular formula is C57H34N4OS. The molecule has 0 saturated carbocycles.